The summed E-state index contributed by atoms with van der Waals surface area (Å²) >= 11 is 0. The number of rotatable bonds is 9. The Morgan fingerprint density at radius 2 is 1.62 bits per heavy atom. The van der Waals surface area contributed by atoms with E-state index >= 15 is 0 Å². The number of hydrogen-bond donors (Lipinski definition) is 1. The Labute approximate surface area is 230 Å². The molecule has 0 spiro atoms. The number of benzene rings is 3. The highest BCUT2D eigenvalue weighted by atomic mass is 32.2. The molecule has 0 radical (unpaired) electrons. The van der Waals surface area contributed by atoms with Crippen LogP contribution >= 0.6 is 0 Å². The number of anilines is 2. The van der Waals surface area contributed by atoms with E-state index in [0.717, 1.165) is 46.6 Å². The van der Waals surface area contributed by atoms with Crippen LogP contribution < -0.4 is 10.1 Å². The molecule has 1 aliphatic heterocycles. The second-order valence-electron chi connectivity index (χ2n) is 9.81. The summed E-state index contributed by atoms with van der Waals surface area (Å²) in [4.78, 5) is 12.4. The smallest absolute Gasteiger partial charge is 0.243 e. The molecular weight excluding hydrogens is 510 g/mol. The van der Waals surface area contributed by atoms with E-state index in [1.165, 1.54) is 0 Å². The van der Waals surface area contributed by atoms with Crippen molar-refractivity contribution in [2.75, 3.05) is 38.6 Å². The minimum atomic E-state index is -3.53. The molecule has 1 aromatic heterocycles. The number of aryl methyl sites for hydroxylation is 1. The maximum absolute atomic E-state index is 13.3. The van der Waals surface area contributed by atoms with E-state index in [0.29, 0.717) is 36.9 Å². The van der Waals surface area contributed by atoms with Gasteiger partial charge in [-0.2, -0.15) is 4.31 Å². The zero-order chi connectivity index (χ0) is 27.4. The van der Waals surface area contributed by atoms with Crippen molar-refractivity contribution < 1.29 is 13.2 Å². The molecule has 1 saturated heterocycles. The van der Waals surface area contributed by atoms with Gasteiger partial charge in [0.25, 0.3) is 0 Å². The van der Waals surface area contributed by atoms with E-state index in [4.69, 9.17) is 14.7 Å². The number of para-hydroxylation sites is 1. The van der Waals surface area contributed by atoms with Gasteiger partial charge in [-0.25, -0.2) is 18.4 Å². The number of aromatic nitrogens is 2. The molecule has 1 aliphatic rings. The molecule has 3 aromatic carbocycles. The first-order valence-electron chi connectivity index (χ1n) is 13.4. The maximum Gasteiger partial charge on any atom is 0.243 e. The van der Waals surface area contributed by atoms with Crippen molar-refractivity contribution >= 4 is 32.4 Å². The van der Waals surface area contributed by atoms with Crippen LogP contribution in [-0.2, 0) is 16.4 Å². The first-order valence-corrected chi connectivity index (χ1v) is 14.8. The van der Waals surface area contributed by atoms with Crippen LogP contribution in [0.1, 0.15) is 37.7 Å². The summed E-state index contributed by atoms with van der Waals surface area (Å²) in [5, 5.41) is 4.38. The molecule has 9 heteroatoms. The molecule has 5 rings (SSSR count). The number of fused-ring (bicyclic) bond motifs is 1. The Morgan fingerprint density at radius 3 is 2.28 bits per heavy atom. The van der Waals surface area contributed by atoms with Gasteiger partial charge in [-0.15, -0.1) is 0 Å². The van der Waals surface area contributed by atoms with E-state index in [2.05, 4.69) is 24.1 Å². The lowest BCUT2D eigenvalue weighted by Crippen LogP contribution is -2.49. The van der Waals surface area contributed by atoms with Crippen molar-refractivity contribution in [3.63, 3.8) is 0 Å². The number of ether oxygens (including phenoxy) is 1. The maximum atomic E-state index is 13.3. The summed E-state index contributed by atoms with van der Waals surface area (Å²) in [5.41, 5.74) is 2.92. The minimum absolute atomic E-state index is 0.0794. The fourth-order valence-corrected chi connectivity index (χ4v) is 6.37. The van der Waals surface area contributed by atoms with Gasteiger partial charge in [-0.1, -0.05) is 37.6 Å². The van der Waals surface area contributed by atoms with E-state index in [1.54, 1.807) is 23.5 Å². The van der Waals surface area contributed by atoms with Crippen LogP contribution in [0.2, 0.25) is 0 Å². The van der Waals surface area contributed by atoms with Crippen molar-refractivity contribution in [2.24, 2.45) is 0 Å². The van der Waals surface area contributed by atoms with E-state index in [1.807, 2.05) is 60.7 Å². The van der Waals surface area contributed by atoms with Crippen molar-refractivity contribution in [1.82, 2.24) is 19.2 Å². The van der Waals surface area contributed by atoms with Crippen LogP contribution in [0, 0.1) is 0 Å². The van der Waals surface area contributed by atoms with Gasteiger partial charge in [0.2, 0.25) is 10.0 Å². The quantitative estimate of drug-likeness (QED) is 0.301. The van der Waals surface area contributed by atoms with Crippen LogP contribution in [0.5, 0.6) is 5.75 Å². The Balaban J connectivity index is 1.32. The highest BCUT2D eigenvalue weighted by Crippen LogP contribution is 2.29. The lowest BCUT2D eigenvalue weighted by Gasteiger charge is -2.37. The van der Waals surface area contributed by atoms with Crippen molar-refractivity contribution in [1.29, 1.82) is 0 Å². The molecule has 0 aliphatic carbocycles. The van der Waals surface area contributed by atoms with Crippen LogP contribution in [0.15, 0.2) is 77.7 Å². The second-order valence-corrected chi connectivity index (χ2v) is 11.7. The monoisotopic (exact) mass is 545 g/mol. The topological polar surface area (TPSA) is 87.7 Å². The van der Waals surface area contributed by atoms with Crippen molar-refractivity contribution in [3.8, 4) is 5.75 Å². The molecule has 0 bridgehead atoms. The average Bonchev–Trinajstić information content (AvgIpc) is 2.97. The van der Waals surface area contributed by atoms with E-state index < -0.39 is 10.0 Å². The van der Waals surface area contributed by atoms with Crippen LogP contribution in [-0.4, -0.2) is 60.9 Å². The highest BCUT2D eigenvalue weighted by molar-refractivity contribution is 7.89. The third kappa shape index (κ3) is 5.90. The summed E-state index contributed by atoms with van der Waals surface area (Å²) < 4.78 is 33.4. The Hall–Kier alpha value is -3.53. The number of hydrogen-bond acceptors (Lipinski definition) is 7. The molecule has 1 atom stereocenters. The molecule has 0 unspecified atom stereocenters. The largest absolute Gasteiger partial charge is 0.497 e. The summed E-state index contributed by atoms with van der Waals surface area (Å²) in [6.07, 6.45) is 1.98. The first-order chi connectivity index (χ1) is 18.9. The molecule has 8 nitrogen and oxygen atoms in total. The summed E-state index contributed by atoms with van der Waals surface area (Å²) in [7, 11) is -1.88. The molecule has 0 saturated carbocycles. The third-order valence-electron chi connectivity index (χ3n) is 7.27. The minimum Gasteiger partial charge on any atom is -0.497 e. The number of nitrogens with one attached hydrogen (secondary N) is 1. The van der Waals surface area contributed by atoms with Crippen LogP contribution in [0.4, 0.5) is 11.5 Å². The zero-order valence-electron chi connectivity index (χ0n) is 22.7. The van der Waals surface area contributed by atoms with Gasteiger partial charge in [0.05, 0.1) is 23.6 Å². The average molecular weight is 546 g/mol. The predicted octanol–water partition coefficient (Wildman–Crippen LogP) is 5.40. The van der Waals surface area contributed by atoms with Crippen LogP contribution in [0.3, 0.4) is 0 Å². The molecule has 1 N–H and O–H groups in total. The number of methoxy groups -OCH3 is 1. The second kappa shape index (κ2) is 11.7. The normalized spacial score (nSPS) is 15.8. The molecule has 0 amide bonds. The summed E-state index contributed by atoms with van der Waals surface area (Å²) in [6, 6.07) is 22.9. The molecule has 2 heterocycles. The van der Waals surface area contributed by atoms with Gasteiger partial charge in [-0.05, 0) is 67.4 Å². The van der Waals surface area contributed by atoms with Gasteiger partial charge in [0.1, 0.15) is 17.4 Å². The fraction of sp³-hybridized carbons (Fsp3) is 0.333. The van der Waals surface area contributed by atoms with Gasteiger partial charge >= 0.3 is 0 Å². The van der Waals surface area contributed by atoms with E-state index in [-0.39, 0.29) is 6.04 Å². The lowest BCUT2D eigenvalue weighted by atomic mass is 10.1. The van der Waals surface area contributed by atoms with Gasteiger partial charge in [-0.3, -0.25) is 4.90 Å². The van der Waals surface area contributed by atoms with E-state index in [9.17, 15) is 8.42 Å². The lowest BCUT2D eigenvalue weighted by molar-refractivity contribution is 0.141. The number of sulfonamides is 1. The Bertz CT molecular complexity index is 1520. The molecule has 1 fully saturated rings. The van der Waals surface area contributed by atoms with Gasteiger partial charge < -0.3 is 10.1 Å². The molecule has 39 heavy (non-hydrogen) atoms. The first kappa shape index (κ1) is 27.1. The predicted molar refractivity (Wildman–Crippen MR) is 155 cm³/mol. The highest BCUT2D eigenvalue weighted by Gasteiger charge is 2.31. The van der Waals surface area contributed by atoms with Gasteiger partial charge in [0, 0.05) is 37.3 Å². The fourth-order valence-electron chi connectivity index (χ4n) is 4.95. The van der Waals surface area contributed by atoms with Crippen LogP contribution in [0.25, 0.3) is 10.9 Å². The summed E-state index contributed by atoms with van der Waals surface area (Å²) in [5.74, 6) is 2.23. The standard InChI is InChI=1S/C30H35N5O3S/c1-4-7-23-10-16-26(17-11-23)39(36,37)35-20-18-34(19-21-35)22(2)29-32-28-9-6-5-8-27(28)30(33-29)31-24-12-14-25(38-3)15-13-24/h5-6,8-17,22H,4,7,18-21H2,1-3H3,(H,31,32,33)/t22-/m0/s1. The number of piperazine rings is 1. The number of nitrogens with zero attached hydrogens (tertiary/aromatic N) is 4. The molecule has 204 valence electrons. The molecular formula is C30H35N5O3S. The van der Waals surface area contributed by atoms with Crippen molar-refractivity contribution in [3.05, 3.63) is 84.2 Å². The Morgan fingerprint density at radius 1 is 0.923 bits per heavy atom. The summed E-state index contributed by atoms with van der Waals surface area (Å²) in [6.45, 7) is 6.25. The third-order valence-corrected chi connectivity index (χ3v) is 9.18. The molecule has 4 aromatic rings. The SMILES string of the molecule is CCCc1ccc(S(=O)(=O)N2CCN([C@@H](C)c3nc(Nc4ccc(OC)cc4)c4ccccc4n3)CC2)cc1. The zero-order valence-corrected chi connectivity index (χ0v) is 23.5. The van der Waals surface area contributed by atoms with Crippen molar-refractivity contribution in [2.45, 2.75) is 37.6 Å². The van der Waals surface area contributed by atoms with Gasteiger partial charge in [0.15, 0.2) is 0 Å². The Kier molecular flexibility index (Phi) is 8.11.